The molecule has 1 atom stereocenters. The molecule has 1 heterocycles. The van der Waals surface area contributed by atoms with Gasteiger partial charge >= 0.3 is 12.4 Å². The number of alkyl halides is 6. The monoisotopic (exact) mass is 690 g/mol. The van der Waals surface area contributed by atoms with E-state index >= 15 is 0 Å². The van der Waals surface area contributed by atoms with Crippen LogP contribution < -0.4 is 14.5 Å². The summed E-state index contributed by atoms with van der Waals surface area (Å²) in [7, 11) is -3.31. The molecule has 258 valence electrons. The minimum Gasteiger partial charge on any atom is -0.489 e. The predicted octanol–water partition coefficient (Wildman–Crippen LogP) is 7.86. The molecule has 1 aromatic heterocycles. The van der Waals surface area contributed by atoms with Crippen LogP contribution in [-0.2, 0) is 28.7 Å². The van der Waals surface area contributed by atoms with E-state index in [-0.39, 0.29) is 42.2 Å². The number of hydrogen-bond acceptors (Lipinski definition) is 7. The van der Waals surface area contributed by atoms with Gasteiger partial charge in [0.05, 0.1) is 35.3 Å². The second kappa shape index (κ2) is 14.7. The second-order valence-electron chi connectivity index (χ2n) is 11.8. The number of sulfone groups is 1. The van der Waals surface area contributed by atoms with E-state index in [1.54, 1.807) is 6.07 Å². The maximum atomic E-state index is 14.7. The number of hydrogen-bond donors (Lipinski definition) is 0. The molecular weight excluding hydrogens is 653 g/mol. The van der Waals surface area contributed by atoms with Gasteiger partial charge in [0.1, 0.15) is 12.4 Å². The minimum atomic E-state index is -5.06. The average molecular weight is 691 g/mol. The first-order valence-electron chi connectivity index (χ1n) is 15.2. The summed E-state index contributed by atoms with van der Waals surface area (Å²) in [6, 6.07) is 4.44. The third-order valence-electron chi connectivity index (χ3n) is 8.21. The molecule has 0 N–H and O–H groups in total. The Bertz CT molecular complexity index is 1580. The Morgan fingerprint density at radius 3 is 2.09 bits per heavy atom. The lowest BCUT2D eigenvalue weighted by Crippen LogP contribution is -2.32. The number of ether oxygens (including phenoxy) is 1. The first kappa shape index (κ1) is 36.2. The van der Waals surface area contributed by atoms with Gasteiger partial charge < -0.3 is 14.5 Å². The lowest BCUT2D eigenvalue weighted by atomic mass is 9.98. The molecule has 0 amide bonds. The van der Waals surface area contributed by atoms with Crippen LogP contribution >= 0.6 is 0 Å². The van der Waals surface area contributed by atoms with Crippen LogP contribution in [0.1, 0.15) is 67.8 Å². The molecule has 0 saturated heterocycles. The summed E-state index contributed by atoms with van der Waals surface area (Å²) in [5.41, 5.74) is -2.12. The number of benzene rings is 2. The second-order valence-corrected chi connectivity index (χ2v) is 14.1. The maximum absolute atomic E-state index is 14.7. The highest BCUT2D eigenvalue weighted by atomic mass is 32.2. The molecule has 0 radical (unpaired) electrons. The number of halogens is 7. The summed E-state index contributed by atoms with van der Waals surface area (Å²) in [5.74, 6) is -0.377. The quantitative estimate of drug-likeness (QED) is 0.169. The molecule has 7 nitrogen and oxygen atoms in total. The van der Waals surface area contributed by atoms with Crippen molar-refractivity contribution >= 4 is 21.5 Å². The Morgan fingerprint density at radius 1 is 0.957 bits per heavy atom. The van der Waals surface area contributed by atoms with Gasteiger partial charge in [0.25, 0.3) is 0 Å². The summed E-state index contributed by atoms with van der Waals surface area (Å²) < 4.78 is 126. The average Bonchev–Trinajstić information content (AvgIpc) is 3.51. The highest BCUT2D eigenvalue weighted by molar-refractivity contribution is 7.90. The third kappa shape index (κ3) is 9.94. The lowest BCUT2D eigenvalue weighted by molar-refractivity contribution is -0.143. The molecule has 1 fully saturated rings. The van der Waals surface area contributed by atoms with Crippen LogP contribution in [0.15, 0.2) is 48.8 Å². The van der Waals surface area contributed by atoms with Crippen molar-refractivity contribution in [1.29, 1.82) is 0 Å². The van der Waals surface area contributed by atoms with Crippen molar-refractivity contribution < 1.29 is 43.9 Å². The summed E-state index contributed by atoms with van der Waals surface area (Å²) in [6.45, 7) is 4.32. The zero-order chi connectivity index (χ0) is 34.6. The van der Waals surface area contributed by atoms with Crippen molar-refractivity contribution in [2.45, 2.75) is 64.5 Å². The van der Waals surface area contributed by atoms with Gasteiger partial charge in [0.15, 0.2) is 15.6 Å². The number of aromatic nitrogens is 2. The standard InChI is InChI=1S/C32H37F7N4O3S/c1-4-42(19-22-7-5-6-8-22)29-10-9-27(33)15-24(29)20-43(30-40-17-28(18-41-30)46-11-12-47(3,44)45)21(2)23-13-25(31(34,35)36)16-26(14-23)32(37,38)39/h9-10,13-18,21-22H,4-8,11-12,19-20H2,1-3H3. The Kier molecular flexibility index (Phi) is 11.3. The summed E-state index contributed by atoms with van der Waals surface area (Å²) in [5, 5.41) is 0. The SMILES string of the molecule is CCN(CC1CCCC1)c1ccc(F)cc1CN(c1ncc(OCCS(C)(=O)=O)cn1)C(C)c1cc(C(F)(F)F)cc(C(F)(F)F)c1. The Balaban J connectivity index is 1.77. The van der Waals surface area contributed by atoms with Crippen molar-refractivity contribution in [3.05, 3.63) is 76.9 Å². The van der Waals surface area contributed by atoms with Gasteiger partial charge in [-0.2, -0.15) is 26.3 Å². The topological polar surface area (TPSA) is 75.6 Å². The van der Waals surface area contributed by atoms with Crippen LogP contribution in [0, 0.1) is 11.7 Å². The van der Waals surface area contributed by atoms with Gasteiger partial charge in [-0.3, -0.25) is 0 Å². The van der Waals surface area contributed by atoms with Crippen LogP contribution in [0.25, 0.3) is 0 Å². The molecule has 4 rings (SSSR count). The smallest absolute Gasteiger partial charge is 0.416 e. The largest absolute Gasteiger partial charge is 0.489 e. The highest BCUT2D eigenvalue weighted by Gasteiger charge is 2.38. The molecule has 0 bridgehead atoms. The molecule has 1 unspecified atom stereocenters. The number of rotatable bonds is 13. The van der Waals surface area contributed by atoms with Gasteiger partial charge in [-0.15, -0.1) is 0 Å². The molecule has 15 heteroatoms. The molecule has 1 saturated carbocycles. The van der Waals surface area contributed by atoms with Crippen LogP contribution in [0.2, 0.25) is 0 Å². The van der Waals surface area contributed by atoms with Crippen molar-refractivity contribution in [1.82, 2.24) is 9.97 Å². The van der Waals surface area contributed by atoms with Gasteiger partial charge in [0.2, 0.25) is 5.95 Å². The first-order valence-corrected chi connectivity index (χ1v) is 17.2. The Labute approximate surface area is 269 Å². The van der Waals surface area contributed by atoms with Gasteiger partial charge in [-0.25, -0.2) is 22.8 Å². The van der Waals surface area contributed by atoms with Crippen LogP contribution in [0.4, 0.5) is 42.4 Å². The first-order chi connectivity index (χ1) is 21.9. The van der Waals surface area contributed by atoms with E-state index in [1.165, 1.54) is 36.4 Å². The third-order valence-corrected chi connectivity index (χ3v) is 9.12. The van der Waals surface area contributed by atoms with Gasteiger partial charge in [-0.1, -0.05) is 12.8 Å². The van der Waals surface area contributed by atoms with E-state index in [4.69, 9.17) is 4.74 Å². The number of nitrogens with zero attached hydrogens (tertiary/aromatic N) is 4. The normalized spacial score (nSPS) is 15.1. The van der Waals surface area contributed by atoms with E-state index in [0.29, 0.717) is 42.4 Å². The van der Waals surface area contributed by atoms with E-state index in [9.17, 15) is 39.2 Å². The van der Waals surface area contributed by atoms with Gasteiger partial charge in [0, 0.05) is 31.6 Å². The van der Waals surface area contributed by atoms with Crippen molar-refractivity contribution in [3.8, 4) is 5.75 Å². The van der Waals surface area contributed by atoms with Crippen molar-refractivity contribution in [3.63, 3.8) is 0 Å². The summed E-state index contributed by atoms with van der Waals surface area (Å²) in [4.78, 5) is 12.0. The van der Waals surface area contributed by atoms with Gasteiger partial charge in [-0.05, 0) is 80.1 Å². The summed E-state index contributed by atoms with van der Waals surface area (Å²) >= 11 is 0. The fourth-order valence-electron chi connectivity index (χ4n) is 5.70. The fourth-order valence-corrected chi connectivity index (χ4v) is 6.09. The van der Waals surface area contributed by atoms with E-state index in [1.807, 2.05) is 6.92 Å². The van der Waals surface area contributed by atoms with Crippen LogP contribution in [0.3, 0.4) is 0 Å². The maximum Gasteiger partial charge on any atom is 0.416 e. The zero-order valence-corrected chi connectivity index (χ0v) is 27.0. The number of anilines is 2. The molecular formula is C32H37F7N4O3S. The van der Waals surface area contributed by atoms with Crippen LogP contribution in [-0.4, -0.2) is 50.1 Å². The molecule has 0 aliphatic heterocycles. The van der Waals surface area contributed by atoms with E-state index in [2.05, 4.69) is 14.9 Å². The molecule has 3 aromatic rings. The zero-order valence-electron chi connectivity index (χ0n) is 26.2. The highest BCUT2D eigenvalue weighted by Crippen LogP contribution is 2.40. The molecule has 0 spiro atoms. The van der Waals surface area contributed by atoms with E-state index in [0.717, 1.165) is 31.9 Å². The molecule has 47 heavy (non-hydrogen) atoms. The van der Waals surface area contributed by atoms with E-state index < -0.39 is 45.2 Å². The lowest BCUT2D eigenvalue weighted by Gasteiger charge is -2.33. The van der Waals surface area contributed by atoms with Crippen molar-refractivity contribution in [2.75, 3.05) is 41.5 Å². The van der Waals surface area contributed by atoms with Crippen LogP contribution in [0.5, 0.6) is 5.75 Å². The fraction of sp³-hybridized carbons (Fsp3) is 0.500. The van der Waals surface area contributed by atoms with Crippen molar-refractivity contribution in [2.24, 2.45) is 5.92 Å². The Hall–Kier alpha value is -3.62. The molecule has 2 aromatic carbocycles. The minimum absolute atomic E-state index is 0.0620. The molecule has 1 aliphatic carbocycles. The Morgan fingerprint density at radius 2 is 1.55 bits per heavy atom. The summed E-state index contributed by atoms with van der Waals surface area (Å²) in [6.07, 6.45) is -2.27. The molecule has 1 aliphatic rings. The predicted molar refractivity (Wildman–Crippen MR) is 165 cm³/mol.